The highest BCUT2D eigenvalue weighted by Crippen LogP contribution is 2.31. The van der Waals surface area contributed by atoms with Gasteiger partial charge in [-0.25, -0.2) is 0 Å². The fraction of sp³-hybridized carbons (Fsp3) is 0.364. The molecular formula is C11H8BrF5O3. The summed E-state index contributed by atoms with van der Waals surface area (Å²) < 4.78 is 68.4. The van der Waals surface area contributed by atoms with Crippen LogP contribution in [0.2, 0.25) is 0 Å². The van der Waals surface area contributed by atoms with E-state index in [4.69, 9.17) is 0 Å². The van der Waals surface area contributed by atoms with E-state index >= 15 is 0 Å². The zero-order valence-corrected chi connectivity index (χ0v) is 11.3. The molecule has 0 aliphatic rings. The van der Waals surface area contributed by atoms with Crippen LogP contribution in [0.1, 0.15) is 16.8 Å². The summed E-state index contributed by atoms with van der Waals surface area (Å²) in [5.74, 6) is -1.88. The van der Waals surface area contributed by atoms with E-state index in [9.17, 15) is 26.7 Å². The Bertz CT molecular complexity index is 476. The van der Waals surface area contributed by atoms with Crippen LogP contribution in [-0.4, -0.2) is 24.1 Å². The number of ether oxygens (including phenoxy) is 2. The predicted molar refractivity (Wildman–Crippen MR) is 62.5 cm³/mol. The molecule has 9 heteroatoms. The van der Waals surface area contributed by atoms with Crippen molar-refractivity contribution >= 4 is 21.7 Å². The van der Waals surface area contributed by atoms with Crippen LogP contribution in [0.3, 0.4) is 0 Å². The van der Waals surface area contributed by atoms with Crippen molar-refractivity contribution in [1.29, 1.82) is 0 Å². The molecule has 0 aromatic heterocycles. The Hall–Kier alpha value is -1.38. The molecule has 0 unspecified atom stereocenters. The van der Waals surface area contributed by atoms with Gasteiger partial charge in [-0.1, -0.05) is 15.9 Å². The highest BCUT2D eigenvalue weighted by atomic mass is 79.9. The smallest absolute Gasteiger partial charge is 0.435 e. The lowest BCUT2D eigenvalue weighted by molar-refractivity contribution is -0.274. The fourth-order valence-corrected chi connectivity index (χ4v) is 1.70. The van der Waals surface area contributed by atoms with Gasteiger partial charge in [0.1, 0.15) is 11.5 Å². The Morgan fingerprint density at radius 1 is 1.30 bits per heavy atom. The first-order chi connectivity index (χ1) is 9.23. The van der Waals surface area contributed by atoms with Crippen LogP contribution in [0, 0.1) is 0 Å². The van der Waals surface area contributed by atoms with E-state index in [1.807, 2.05) is 0 Å². The van der Waals surface area contributed by atoms with Crippen LogP contribution in [-0.2, 0) is 0 Å². The first kappa shape index (κ1) is 16.7. The molecule has 0 heterocycles. The number of hydrogen-bond donors (Lipinski definition) is 0. The molecule has 0 amide bonds. The molecule has 0 bridgehead atoms. The Balaban J connectivity index is 3.12. The maximum absolute atomic E-state index is 12.2. The van der Waals surface area contributed by atoms with Gasteiger partial charge in [-0.15, -0.1) is 13.2 Å². The van der Waals surface area contributed by atoms with Crippen LogP contribution >= 0.6 is 15.9 Å². The van der Waals surface area contributed by atoms with Crippen molar-refractivity contribution in [1.82, 2.24) is 0 Å². The number of hydrogen-bond acceptors (Lipinski definition) is 3. The van der Waals surface area contributed by atoms with Crippen molar-refractivity contribution in [3.05, 3.63) is 23.8 Å². The van der Waals surface area contributed by atoms with Gasteiger partial charge < -0.3 is 9.47 Å². The van der Waals surface area contributed by atoms with Gasteiger partial charge in [0.25, 0.3) is 0 Å². The number of Topliss-reactive ketones (excluding diaryl/α,β-unsaturated/α-hetero) is 1. The summed E-state index contributed by atoms with van der Waals surface area (Å²) in [6.07, 6.45) is -5.11. The zero-order chi connectivity index (χ0) is 15.3. The van der Waals surface area contributed by atoms with Gasteiger partial charge in [-0.2, -0.15) is 8.78 Å². The molecule has 1 aromatic rings. The average molecular weight is 363 g/mol. The van der Waals surface area contributed by atoms with Gasteiger partial charge in [0.05, 0.1) is 5.56 Å². The lowest BCUT2D eigenvalue weighted by Gasteiger charge is -2.14. The maximum atomic E-state index is 12.2. The van der Waals surface area contributed by atoms with E-state index in [0.717, 1.165) is 18.2 Å². The number of halogens is 6. The molecule has 3 nitrogen and oxygen atoms in total. The lowest BCUT2D eigenvalue weighted by atomic mass is 10.1. The summed E-state index contributed by atoms with van der Waals surface area (Å²) in [6.45, 7) is -3.15. The Labute approximate surface area is 118 Å². The molecule has 0 fully saturated rings. The molecule has 0 saturated carbocycles. The van der Waals surface area contributed by atoms with E-state index in [-0.39, 0.29) is 11.8 Å². The monoisotopic (exact) mass is 362 g/mol. The molecule has 0 N–H and O–H groups in total. The van der Waals surface area contributed by atoms with E-state index < -0.39 is 35.8 Å². The summed E-state index contributed by atoms with van der Waals surface area (Å²) in [7, 11) is 0. The van der Waals surface area contributed by atoms with Crippen molar-refractivity contribution in [2.24, 2.45) is 0 Å². The molecular weight excluding hydrogens is 355 g/mol. The lowest BCUT2D eigenvalue weighted by Crippen LogP contribution is -2.19. The molecule has 1 aromatic carbocycles. The molecule has 0 radical (unpaired) electrons. The third-order valence-electron chi connectivity index (χ3n) is 2.02. The van der Waals surface area contributed by atoms with Crippen molar-refractivity contribution < 1.29 is 36.2 Å². The van der Waals surface area contributed by atoms with Gasteiger partial charge >= 0.3 is 13.0 Å². The topological polar surface area (TPSA) is 35.5 Å². The second-order valence-electron chi connectivity index (χ2n) is 3.45. The largest absolute Gasteiger partial charge is 0.573 e. The molecule has 20 heavy (non-hydrogen) atoms. The van der Waals surface area contributed by atoms with Gasteiger partial charge in [0, 0.05) is 11.8 Å². The average Bonchev–Trinajstić information content (AvgIpc) is 2.28. The molecule has 1 rings (SSSR count). The van der Waals surface area contributed by atoms with Gasteiger partial charge in [0.2, 0.25) is 0 Å². The summed E-state index contributed by atoms with van der Waals surface area (Å²) in [5.41, 5.74) is -0.472. The van der Waals surface area contributed by atoms with Gasteiger partial charge in [-0.05, 0) is 18.2 Å². The summed E-state index contributed by atoms with van der Waals surface area (Å²) in [4.78, 5) is 11.7. The first-order valence-corrected chi connectivity index (χ1v) is 6.29. The molecule has 0 atom stereocenters. The second-order valence-corrected chi connectivity index (χ2v) is 4.24. The van der Waals surface area contributed by atoms with E-state index in [1.165, 1.54) is 0 Å². The minimum absolute atomic E-state index is 0.119. The van der Waals surface area contributed by atoms with Crippen molar-refractivity contribution in [2.45, 2.75) is 19.4 Å². The van der Waals surface area contributed by atoms with Crippen molar-refractivity contribution in [2.75, 3.05) is 5.33 Å². The van der Waals surface area contributed by atoms with Crippen LogP contribution in [0.15, 0.2) is 18.2 Å². The molecule has 112 valence electrons. The molecule has 0 aliphatic carbocycles. The standard InChI is InChI=1S/C11H8BrF5O3/c12-4-3-8(18)7-5-6(19-10(13)14)1-2-9(7)20-11(15,16)17/h1-2,5,10H,3-4H2. The number of benzene rings is 1. The second kappa shape index (κ2) is 6.87. The number of ketones is 1. The molecule has 0 spiro atoms. The maximum Gasteiger partial charge on any atom is 0.573 e. The summed E-state index contributed by atoms with van der Waals surface area (Å²) in [6, 6.07) is 2.41. The van der Waals surface area contributed by atoms with Crippen LogP contribution in [0.25, 0.3) is 0 Å². The quantitative estimate of drug-likeness (QED) is 0.433. The number of carbonyl (C=O) groups is 1. The predicted octanol–water partition coefficient (Wildman–Crippen LogP) is 4.15. The minimum Gasteiger partial charge on any atom is -0.435 e. The third-order valence-corrected chi connectivity index (χ3v) is 2.42. The van der Waals surface area contributed by atoms with Crippen LogP contribution < -0.4 is 9.47 Å². The highest BCUT2D eigenvalue weighted by Gasteiger charge is 2.33. The zero-order valence-electron chi connectivity index (χ0n) is 9.72. The fourth-order valence-electron chi connectivity index (χ4n) is 1.34. The number of carbonyl (C=O) groups excluding carboxylic acids is 1. The van der Waals surface area contributed by atoms with E-state index in [1.54, 1.807) is 0 Å². The molecule has 0 aliphatic heterocycles. The Morgan fingerprint density at radius 2 is 1.95 bits per heavy atom. The Kier molecular flexibility index (Phi) is 5.73. The SMILES string of the molecule is O=C(CCBr)c1cc(OC(F)F)ccc1OC(F)(F)F. The normalized spacial score (nSPS) is 11.6. The minimum atomic E-state index is -4.99. The van der Waals surface area contributed by atoms with E-state index in [0.29, 0.717) is 0 Å². The number of rotatable bonds is 6. The Morgan fingerprint density at radius 3 is 2.45 bits per heavy atom. The summed E-state index contributed by atoms with van der Waals surface area (Å²) >= 11 is 2.96. The van der Waals surface area contributed by atoms with Crippen molar-refractivity contribution in [3.63, 3.8) is 0 Å². The number of alkyl halides is 6. The first-order valence-electron chi connectivity index (χ1n) is 5.16. The molecule has 0 saturated heterocycles. The van der Waals surface area contributed by atoms with Crippen molar-refractivity contribution in [3.8, 4) is 11.5 Å². The van der Waals surface area contributed by atoms with Gasteiger partial charge in [0.15, 0.2) is 5.78 Å². The van der Waals surface area contributed by atoms with Crippen LogP contribution in [0.4, 0.5) is 22.0 Å². The highest BCUT2D eigenvalue weighted by molar-refractivity contribution is 9.09. The van der Waals surface area contributed by atoms with Crippen LogP contribution in [0.5, 0.6) is 11.5 Å². The van der Waals surface area contributed by atoms with Gasteiger partial charge in [-0.3, -0.25) is 4.79 Å². The third kappa shape index (κ3) is 5.32. The summed E-state index contributed by atoms with van der Waals surface area (Å²) in [5, 5.41) is 0.206. The van der Waals surface area contributed by atoms with E-state index in [2.05, 4.69) is 25.4 Å².